The van der Waals surface area contributed by atoms with Gasteiger partial charge in [0.15, 0.2) is 0 Å². The SMILES string of the molecule is CC(=O)Nc1cccc(C(=O)N[C@H](Cc2ccc(OCc3ccccc3)cc2)C(=O)O)c1. The molecule has 0 radical (unpaired) electrons. The van der Waals surface area contributed by atoms with Gasteiger partial charge >= 0.3 is 5.97 Å². The Bertz CT molecular complexity index is 1080. The van der Waals surface area contributed by atoms with Crippen molar-refractivity contribution >= 4 is 23.5 Å². The van der Waals surface area contributed by atoms with E-state index in [0.29, 0.717) is 18.0 Å². The second-order valence-corrected chi connectivity index (χ2v) is 7.25. The summed E-state index contributed by atoms with van der Waals surface area (Å²) in [6.45, 7) is 1.80. The number of benzene rings is 3. The number of carbonyl (C=O) groups excluding carboxylic acids is 2. The molecule has 0 aliphatic carbocycles. The largest absolute Gasteiger partial charge is 0.489 e. The van der Waals surface area contributed by atoms with Crippen molar-refractivity contribution in [2.75, 3.05) is 5.32 Å². The quantitative estimate of drug-likeness (QED) is 0.479. The first-order valence-electron chi connectivity index (χ1n) is 10.1. The van der Waals surface area contributed by atoms with Crippen LogP contribution in [-0.4, -0.2) is 28.9 Å². The maximum atomic E-state index is 12.6. The van der Waals surface area contributed by atoms with E-state index in [-0.39, 0.29) is 17.9 Å². The summed E-state index contributed by atoms with van der Waals surface area (Å²) in [6.07, 6.45) is 0.116. The highest BCUT2D eigenvalue weighted by atomic mass is 16.5. The Morgan fingerprint density at radius 3 is 2.28 bits per heavy atom. The third kappa shape index (κ3) is 6.70. The second kappa shape index (κ2) is 10.8. The topological polar surface area (TPSA) is 105 Å². The van der Waals surface area contributed by atoms with Gasteiger partial charge in [0, 0.05) is 24.6 Å². The summed E-state index contributed by atoms with van der Waals surface area (Å²) in [5.41, 5.74) is 2.51. The average Bonchev–Trinajstić information content (AvgIpc) is 2.78. The normalized spacial score (nSPS) is 11.3. The van der Waals surface area contributed by atoms with Crippen LogP contribution in [0.3, 0.4) is 0 Å². The Labute approximate surface area is 186 Å². The van der Waals surface area contributed by atoms with Crippen LogP contribution in [0.4, 0.5) is 5.69 Å². The summed E-state index contributed by atoms with van der Waals surface area (Å²) in [7, 11) is 0. The lowest BCUT2D eigenvalue weighted by Gasteiger charge is -2.15. The molecule has 3 aromatic rings. The zero-order valence-electron chi connectivity index (χ0n) is 17.6. The minimum atomic E-state index is -1.14. The van der Waals surface area contributed by atoms with Gasteiger partial charge in [0.25, 0.3) is 5.91 Å². The third-order valence-electron chi connectivity index (χ3n) is 4.66. The van der Waals surface area contributed by atoms with Crippen LogP contribution in [0, 0.1) is 0 Å². The molecule has 0 saturated carbocycles. The van der Waals surface area contributed by atoms with Gasteiger partial charge in [-0.25, -0.2) is 4.79 Å². The van der Waals surface area contributed by atoms with E-state index >= 15 is 0 Å². The first-order valence-corrected chi connectivity index (χ1v) is 10.1. The number of hydrogen-bond donors (Lipinski definition) is 3. The van der Waals surface area contributed by atoms with E-state index < -0.39 is 17.9 Å². The fourth-order valence-electron chi connectivity index (χ4n) is 3.08. The molecule has 0 heterocycles. The molecule has 7 nitrogen and oxygen atoms in total. The van der Waals surface area contributed by atoms with Crippen molar-refractivity contribution in [2.24, 2.45) is 0 Å². The number of carboxylic acid groups (broad SMARTS) is 1. The number of anilines is 1. The van der Waals surface area contributed by atoms with Crippen molar-refractivity contribution in [1.29, 1.82) is 0 Å². The Morgan fingerprint density at radius 1 is 0.906 bits per heavy atom. The molecule has 3 aromatic carbocycles. The lowest BCUT2D eigenvalue weighted by atomic mass is 10.0. The fraction of sp³-hybridized carbons (Fsp3) is 0.160. The van der Waals surface area contributed by atoms with Gasteiger partial charge in [-0.05, 0) is 41.5 Å². The standard InChI is InChI=1S/C25H24N2O5/c1-17(28)26-21-9-5-8-20(15-21)24(29)27-23(25(30)31)14-18-10-12-22(13-11-18)32-16-19-6-3-2-4-7-19/h2-13,15,23H,14,16H2,1H3,(H,26,28)(H,27,29)(H,30,31)/t23-/m1/s1. The monoisotopic (exact) mass is 432 g/mol. The smallest absolute Gasteiger partial charge is 0.326 e. The van der Waals surface area contributed by atoms with E-state index in [1.54, 1.807) is 42.5 Å². The minimum Gasteiger partial charge on any atom is -0.489 e. The van der Waals surface area contributed by atoms with Crippen molar-refractivity contribution in [1.82, 2.24) is 5.32 Å². The average molecular weight is 432 g/mol. The molecule has 0 fully saturated rings. The van der Waals surface area contributed by atoms with Crippen LogP contribution in [0.5, 0.6) is 5.75 Å². The van der Waals surface area contributed by atoms with E-state index in [0.717, 1.165) is 11.1 Å². The van der Waals surface area contributed by atoms with E-state index in [2.05, 4.69) is 10.6 Å². The first kappa shape index (κ1) is 22.6. The predicted octanol–water partition coefficient (Wildman–Crippen LogP) is 3.65. The van der Waals surface area contributed by atoms with Crippen molar-refractivity contribution in [3.05, 3.63) is 95.6 Å². The Hall–Kier alpha value is -4.13. The van der Waals surface area contributed by atoms with Gasteiger partial charge in [0.2, 0.25) is 5.91 Å². The van der Waals surface area contributed by atoms with Gasteiger partial charge in [0.05, 0.1) is 0 Å². The zero-order chi connectivity index (χ0) is 22.9. The molecule has 164 valence electrons. The molecule has 0 bridgehead atoms. The first-order chi connectivity index (χ1) is 15.4. The number of carboxylic acids is 1. The van der Waals surface area contributed by atoms with Crippen LogP contribution in [0.15, 0.2) is 78.9 Å². The molecule has 0 saturated heterocycles. The van der Waals surface area contributed by atoms with Crippen molar-refractivity contribution in [2.45, 2.75) is 26.0 Å². The van der Waals surface area contributed by atoms with Gasteiger partial charge in [-0.1, -0.05) is 48.5 Å². The molecule has 32 heavy (non-hydrogen) atoms. The maximum Gasteiger partial charge on any atom is 0.326 e. The van der Waals surface area contributed by atoms with Crippen LogP contribution < -0.4 is 15.4 Å². The van der Waals surface area contributed by atoms with Gasteiger partial charge < -0.3 is 20.5 Å². The van der Waals surface area contributed by atoms with Crippen LogP contribution in [-0.2, 0) is 22.6 Å². The van der Waals surface area contributed by atoms with E-state index in [9.17, 15) is 19.5 Å². The summed E-state index contributed by atoms with van der Waals surface area (Å²) in [5, 5.41) is 14.7. The summed E-state index contributed by atoms with van der Waals surface area (Å²) in [6, 6.07) is 22.1. The van der Waals surface area contributed by atoms with Gasteiger partial charge in [-0.2, -0.15) is 0 Å². The Balaban J connectivity index is 1.60. The molecule has 0 unspecified atom stereocenters. The van der Waals surface area contributed by atoms with Crippen LogP contribution >= 0.6 is 0 Å². The number of nitrogens with one attached hydrogen (secondary N) is 2. The van der Waals surface area contributed by atoms with Crippen LogP contribution in [0.25, 0.3) is 0 Å². The number of aliphatic carboxylic acids is 1. The lowest BCUT2D eigenvalue weighted by molar-refractivity contribution is -0.139. The number of hydrogen-bond acceptors (Lipinski definition) is 4. The number of rotatable bonds is 9. The molecule has 2 amide bonds. The third-order valence-corrected chi connectivity index (χ3v) is 4.66. The summed E-state index contributed by atoms with van der Waals surface area (Å²) >= 11 is 0. The Kier molecular flexibility index (Phi) is 7.59. The Morgan fingerprint density at radius 2 is 1.62 bits per heavy atom. The maximum absolute atomic E-state index is 12.6. The second-order valence-electron chi connectivity index (χ2n) is 7.25. The lowest BCUT2D eigenvalue weighted by Crippen LogP contribution is -2.42. The van der Waals surface area contributed by atoms with Gasteiger partial charge in [0.1, 0.15) is 18.4 Å². The summed E-state index contributed by atoms with van der Waals surface area (Å²) < 4.78 is 5.74. The molecular weight excluding hydrogens is 408 g/mol. The minimum absolute atomic E-state index is 0.116. The highest BCUT2D eigenvalue weighted by Gasteiger charge is 2.21. The molecule has 0 aliphatic heterocycles. The molecule has 1 atom stereocenters. The van der Waals surface area contributed by atoms with Gasteiger partial charge in [-0.15, -0.1) is 0 Å². The molecule has 3 N–H and O–H groups in total. The van der Waals surface area contributed by atoms with E-state index in [1.807, 2.05) is 30.3 Å². The van der Waals surface area contributed by atoms with Crippen molar-refractivity contribution < 1.29 is 24.2 Å². The number of amides is 2. The highest BCUT2D eigenvalue weighted by molar-refractivity contribution is 5.98. The molecule has 3 rings (SSSR count). The van der Waals surface area contributed by atoms with Crippen LogP contribution in [0.2, 0.25) is 0 Å². The summed E-state index contributed by atoms with van der Waals surface area (Å²) in [5.74, 6) is -1.27. The molecular formula is C25H24N2O5. The van der Waals surface area contributed by atoms with Gasteiger partial charge in [-0.3, -0.25) is 9.59 Å². The fourth-order valence-corrected chi connectivity index (χ4v) is 3.08. The zero-order valence-corrected chi connectivity index (χ0v) is 17.6. The highest BCUT2D eigenvalue weighted by Crippen LogP contribution is 2.16. The molecule has 0 spiro atoms. The summed E-state index contributed by atoms with van der Waals surface area (Å²) in [4.78, 5) is 35.5. The molecule has 0 aromatic heterocycles. The predicted molar refractivity (Wildman–Crippen MR) is 121 cm³/mol. The van der Waals surface area contributed by atoms with Crippen molar-refractivity contribution in [3.8, 4) is 5.75 Å². The number of ether oxygens (including phenoxy) is 1. The van der Waals surface area contributed by atoms with Crippen LogP contribution in [0.1, 0.15) is 28.4 Å². The molecule has 0 aliphatic rings. The van der Waals surface area contributed by atoms with Crippen molar-refractivity contribution in [3.63, 3.8) is 0 Å². The van der Waals surface area contributed by atoms with E-state index in [4.69, 9.17) is 4.74 Å². The van der Waals surface area contributed by atoms with E-state index in [1.165, 1.54) is 13.0 Å². The molecule has 7 heteroatoms. The number of carbonyl (C=O) groups is 3.